The topological polar surface area (TPSA) is 404 Å². The van der Waals surface area contributed by atoms with Gasteiger partial charge in [0.1, 0.15) is 90.5 Å². The number of carbonyl (C=O) groups excluding carboxylic acids is 1. The summed E-state index contributed by atoms with van der Waals surface area (Å²) in [6, 6.07) is 9.67. The second-order valence-electron chi connectivity index (χ2n) is 15.7. The predicted octanol–water partition coefficient (Wildman–Crippen LogP) is -3.26. The number of aliphatic hydroxyl groups is 10. The molecule has 0 spiro atoms. The van der Waals surface area contributed by atoms with E-state index in [2.05, 4.69) is 0 Å². The first-order valence-corrected chi connectivity index (χ1v) is 20.6. The number of esters is 1. The summed E-state index contributed by atoms with van der Waals surface area (Å²) < 4.78 is 51.0. The zero-order valence-electron chi connectivity index (χ0n) is 35.3. The van der Waals surface area contributed by atoms with Gasteiger partial charge in [0.2, 0.25) is 29.5 Å². The highest BCUT2D eigenvalue weighted by Crippen LogP contribution is 2.46. The number of aromatic hydroxyl groups is 4. The maximum absolute atomic E-state index is 14.6. The van der Waals surface area contributed by atoms with Gasteiger partial charge in [0.25, 0.3) is 0 Å². The summed E-state index contributed by atoms with van der Waals surface area (Å²) in [4.78, 5) is 27.1. The molecule has 3 saturated heterocycles. The van der Waals surface area contributed by atoms with Crippen LogP contribution in [0.15, 0.2) is 63.8 Å². The van der Waals surface area contributed by atoms with Gasteiger partial charge in [-0.15, -0.1) is 0 Å². The minimum atomic E-state index is -2.07. The monoisotopic (exact) mass is 964 g/mol. The van der Waals surface area contributed by atoms with Crippen molar-refractivity contribution >= 4 is 23.0 Å². The third kappa shape index (κ3) is 9.98. The maximum atomic E-state index is 14.6. The molecule has 0 aliphatic carbocycles. The molecule has 0 saturated carbocycles. The standard InChI is InChI=1S/C43H48O25/c1-60-38-21(63-41-35(58)33(56)29(52)24(66-41)14-61-25(49)9-3-15-2-8-18(47)19(48)10-15)11-20-26(30(38)53)31(54)39(37(62-20)16-4-6-17(46)7-5-16)67-43-40(34(57)28(51)23(13-45)65-43)68-42-36(59)32(55)27(50)22(12-44)64-42/h2-11,22-24,27-29,32-36,40-48,50-53,55-59H,12-14H2,1H3/b9-3+/t22-,23-,24-,27-,28-,29-,32+,33+,34+,35-,36-,40-,41-,42+,43+/m1/s1. The lowest BCUT2D eigenvalue weighted by Gasteiger charge is -2.45. The highest BCUT2D eigenvalue weighted by molar-refractivity contribution is 5.91. The molecule has 0 amide bonds. The first-order valence-electron chi connectivity index (χ1n) is 20.6. The molecule has 25 heteroatoms. The third-order valence-electron chi connectivity index (χ3n) is 11.3. The van der Waals surface area contributed by atoms with E-state index in [1.807, 2.05) is 0 Å². The van der Waals surface area contributed by atoms with Gasteiger partial charge in [0, 0.05) is 17.7 Å². The summed E-state index contributed by atoms with van der Waals surface area (Å²) in [5.74, 6) is -5.40. The number of phenols is 4. The van der Waals surface area contributed by atoms with E-state index in [9.17, 15) is 81.1 Å². The van der Waals surface area contributed by atoms with Crippen molar-refractivity contribution in [2.24, 2.45) is 0 Å². The molecule has 3 aliphatic rings. The van der Waals surface area contributed by atoms with Gasteiger partial charge in [-0.25, -0.2) is 4.79 Å². The van der Waals surface area contributed by atoms with Crippen LogP contribution in [-0.4, -0.2) is 197 Å². The normalized spacial score (nSPS) is 32.0. The highest BCUT2D eigenvalue weighted by Gasteiger charge is 2.52. The summed E-state index contributed by atoms with van der Waals surface area (Å²) in [7, 11) is 1.04. The first kappa shape index (κ1) is 50.0. The van der Waals surface area contributed by atoms with Crippen molar-refractivity contribution in [3.05, 3.63) is 70.4 Å². The van der Waals surface area contributed by atoms with Gasteiger partial charge in [-0.3, -0.25) is 4.79 Å². The molecule has 4 heterocycles. The second-order valence-corrected chi connectivity index (χ2v) is 15.7. The fourth-order valence-corrected chi connectivity index (χ4v) is 7.52. The van der Waals surface area contributed by atoms with Crippen molar-refractivity contribution < 1.29 is 119 Å². The molecule has 4 aromatic rings. The van der Waals surface area contributed by atoms with Crippen molar-refractivity contribution in [1.82, 2.24) is 0 Å². The van der Waals surface area contributed by atoms with E-state index >= 15 is 0 Å². The Labute approximate surface area is 382 Å². The number of carbonyl (C=O) groups is 1. The number of phenolic OH excluding ortho intramolecular Hbond substituents is 4. The SMILES string of the molecule is COc1c(O[C@@H]2O[C@H](COC(=O)/C=C/c3ccc(O)c(O)c3)[C@@H](O)[C@H](O)[C@H]2O)cc2oc(-c3ccc(O)cc3)c(O[C@@H]3O[C@H](CO)[C@@H](O)[C@H](O)[C@H]3O[C@@H]3O[C@H](CO)[C@@H](O)[C@H](O)[C@H]3O)c(=O)c2c1O. The lowest BCUT2D eigenvalue weighted by atomic mass is 9.97. The zero-order valence-corrected chi connectivity index (χ0v) is 35.3. The Kier molecular flexibility index (Phi) is 15.3. The zero-order chi connectivity index (χ0) is 49.3. The van der Waals surface area contributed by atoms with E-state index in [4.69, 9.17) is 42.3 Å². The predicted molar refractivity (Wildman–Crippen MR) is 222 cm³/mol. The fourth-order valence-electron chi connectivity index (χ4n) is 7.52. The Morgan fingerprint density at radius 2 is 1.26 bits per heavy atom. The quantitative estimate of drug-likeness (QED) is 0.0335. The molecule has 25 nitrogen and oxygen atoms in total. The Bertz CT molecular complexity index is 2490. The number of methoxy groups -OCH3 is 1. The molecule has 0 bridgehead atoms. The highest BCUT2D eigenvalue weighted by atomic mass is 16.8. The van der Waals surface area contributed by atoms with E-state index in [1.165, 1.54) is 48.5 Å². The van der Waals surface area contributed by atoms with Gasteiger partial charge >= 0.3 is 5.97 Å². The number of fused-ring (bicyclic) bond motifs is 1. The molecule has 3 aliphatic heterocycles. The molecule has 1 aromatic heterocycles. The van der Waals surface area contributed by atoms with E-state index in [-0.39, 0.29) is 17.1 Å². The Morgan fingerprint density at radius 3 is 1.90 bits per heavy atom. The summed E-state index contributed by atoms with van der Waals surface area (Å²) in [5, 5.41) is 146. The average Bonchev–Trinajstić information content (AvgIpc) is 3.32. The molecule has 3 aromatic carbocycles. The first-order chi connectivity index (χ1) is 32.4. The molecule has 370 valence electrons. The number of hydrogen-bond donors (Lipinski definition) is 14. The molecular formula is C43H48O25. The van der Waals surface area contributed by atoms with E-state index in [0.29, 0.717) is 5.56 Å². The lowest BCUT2D eigenvalue weighted by molar-refractivity contribution is -0.358. The molecular weight excluding hydrogens is 916 g/mol. The Hall–Kier alpha value is -5.88. The molecule has 68 heavy (non-hydrogen) atoms. The minimum Gasteiger partial charge on any atom is -0.508 e. The largest absolute Gasteiger partial charge is 0.508 e. The maximum Gasteiger partial charge on any atom is 0.330 e. The van der Waals surface area contributed by atoms with Gasteiger partial charge in [0.15, 0.2) is 41.2 Å². The van der Waals surface area contributed by atoms with Crippen molar-refractivity contribution in [3.8, 4) is 51.6 Å². The van der Waals surface area contributed by atoms with E-state index in [0.717, 1.165) is 19.3 Å². The van der Waals surface area contributed by atoms with Crippen LogP contribution in [0.3, 0.4) is 0 Å². The Balaban J connectivity index is 1.22. The van der Waals surface area contributed by atoms with Gasteiger partial charge in [0.05, 0.1) is 20.3 Å². The van der Waals surface area contributed by atoms with E-state index in [1.54, 1.807) is 0 Å². The van der Waals surface area contributed by atoms with Crippen molar-refractivity contribution in [2.75, 3.05) is 26.9 Å². The van der Waals surface area contributed by atoms with Crippen LogP contribution in [0.4, 0.5) is 0 Å². The molecule has 3 fully saturated rings. The fraction of sp³-hybridized carbons (Fsp3) is 0.442. The van der Waals surface area contributed by atoms with Crippen molar-refractivity contribution in [1.29, 1.82) is 0 Å². The van der Waals surface area contributed by atoms with Crippen LogP contribution in [0, 0.1) is 0 Å². The number of ether oxygens (including phenoxy) is 8. The summed E-state index contributed by atoms with van der Waals surface area (Å²) >= 11 is 0. The van der Waals surface area contributed by atoms with Crippen LogP contribution in [0.1, 0.15) is 5.56 Å². The third-order valence-corrected chi connectivity index (χ3v) is 11.3. The smallest absolute Gasteiger partial charge is 0.330 e. The summed E-state index contributed by atoms with van der Waals surface area (Å²) in [6.45, 7) is -2.52. The van der Waals surface area contributed by atoms with Crippen LogP contribution in [0.25, 0.3) is 28.4 Å². The number of aliphatic hydroxyl groups excluding tert-OH is 10. The van der Waals surface area contributed by atoms with Crippen LogP contribution in [-0.2, 0) is 28.5 Å². The molecule has 0 unspecified atom stereocenters. The molecule has 7 rings (SSSR count). The van der Waals surface area contributed by atoms with Crippen molar-refractivity contribution in [3.63, 3.8) is 0 Å². The number of benzene rings is 3. The lowest BCUT2D eigenvalue weighted by Crippen LogP contribution is -2.65. The molecule has 15 atom stereocenters. The van der Waals surface area contributed by atoms with Gasteiger partial charge in [-0.05, 0) is 48.0 Å². The number of hydrogen-bond acceptors (Lipinski definition) is 25. The molecule has 0 radical (unpaired) electrons. The van der Waals surface area contributed by atoms with Gasteiger partial charge in [-0.1, -0.05) is 6.07 Å². The van der Waals surface area contributed by atoms with Gasteiger partial charge in [-0.2, -0.15) is 0 Å². The summed E-state index contributed by atoms with van der Waals surface area (Å²) in [6.07, 6.45) is -26.0. The van der Waals surface area contributed by atoms with Crippen LogP contribution in [0.2, 0.25) is 0 Å². The second kappa shape index (κ2) is 20.8. The summed E-state index contributed by atoms with van der Waals surface area (Å²) in [5.41, 5.74) is -1.36. The van der Waals surface area contributed by atoms with Crippen LogP contribution in [0.5, 0.6) is 40.2 Å². The Morgan fingerprint density at radius 1 is 0.662 bits per heavy atom. The van der Waals surface area contributed by atoms with Crippen molar-refractivity contribution in [2.45, 2.75) is 92.1 Å². The van der Waals surface area contributed by atoms with Crippen LogP contribution < -0.4 is 19.6 Å². The average molecular weight is 965 g/mol. The number of rotatable bonds is 14. The van der Waals surface area contributed by atoms with E-state index < -0.39 is 169 Å². The molecule has 14 N–H and O–H groups in total. The van der Waals surface area contributed by atoms with Gasteiger partial charge < -0.3 is 114 Å². The van der Waals surface area contributed by atoms with Crippen LogP contribution >= 0.6 is 0 Å². The minimum absolute atomic E-state index is 0.00710.